The molecule has 0 radical (unpaired) electrons. The molecule has 0 aromatic carbocycles. The molecule has 0 heterocycles. The average molecular weight is 1120 g/mol. The van der Waals surface area contributed by atoms with Gasteiger partial charge in [-0.25, -0.2) is 0 Å². The fourth-order valence-corrected chi connectivity index (χ4v) is 9.40. The van der Waals surface area contributed by atoms with Crippen LogP contribution < -0.4 is 0 Å². The lowest BCUT2D eigenvalue weighted by atomic mass is 10.0. The quantitative estimate of drug-likeness (QED) is 0.0261. The molecule has 0 aromatic rings. The molecule has 0 N–H and O–H groups in total. The lowest BCUT2D eigenvalue weighted by Crippen LogP contribution is -2.30. The summed E-state index contributed by atoms with van der Waals surface area (Å²) in [7, 11) is 0. The topological polar surface area (TPSA) is 78.9 Å². The van der Waals surface area contributed by atoms with Crippen molar-refractivity contribution in [2.24, 2.45) is 0 Å². The first-order chi connectivity index (χ1) is 40.0. The molecule has 6 heteroatoms. The third-order valence-corrected chi connectivity index (χ3v) is 14.4. The molecule has 0 aromatic heterocycles. The summed E-state index contributed by atoms with van der Waals surface area (Å²) in [6.45, 7) is 6.40. The molecule has 6 nitrogen and oxygen atoms in total. The van der Waals surface area contributed by atoms with Crippen molar-refractivity contribution in [2.45, 2.75) is 322 Å². The van der Waals surface area contributed by atoms with Crippen LogP contribution in [0.2, 0.25) is 0 Å². The Morgan fingerprint density at radius 3 is 0.765 bits per heavy atom. The molecule has 462 valence electrons. The molecule has 0 saturated heterocycles. The summed E-state index contributed by atoms with van der Waals surface area (Å²) in [4.78, 5) is 38.4. The van der Waals surface area contributed by atoms with Gasteiger partial charge in [-0.1, -0.05) is 290 Å². The molecule has 0 aliphatic rings. The number of allylic oxidation sites excluding steroid dienone is 20. The second-order valence-electron chi connectivity index (χ2n) is 22.3. The zero-order chi connectivity index (χ0) is 58.5. The lowest BCUT2D eigenvalue weighted by molar-refractivity contribution is -0.167. The van der Waals surface area contributed by atoms with E-state index in [9.17, 15) is 14.4 Å². The normalized spacial score (nSPS) is 12.9. The molecule has 1 unspecified atom stereocenters. The van der Waals surface area contributed by atoms with Gasteiger partial charge in [0.1, 0.15) is 13.2 Å². The molecule has 0 spiro atoms. The van der Waals surface area contributed by atoms with E-state index in [0.717, 1.165) is 135 Å². The second-order valence-corrected chi connectivity index (χ2v) is 22.3. The highest BCUT2D eigenvalue weighted by Crippen LogP contribution is 2.16. The van der Waals surface area contributed by atoms with Gasteiger partial charge >= 0.3 is 17.9 Å². The van der Waals surface area contributed by atoms with Crippen LogP contribution in [-0.2, 0) is 28.6 Å². The fraction of sp³-hybridized carbons (Fsp3) is 0.693. The van der Waals surface area contributed by atoms with Crippen LogP contribution in [-0.4, -0.2) is 37.2 Å². The highest BCUT2D eigenvalue weighted by molar-refractivity contribution is 5.71. The molecular weight excluding hydrogens is 997 g/mol. The van der Waals surface area contributed by atoms with E-state index in [1.54, 1.807) is 0 Å². The molecule has 0 aliphatic carbocycles. The number of carbonyl (C=O) groups is 3. The van der Waals surface area contributed by atoms with E-state index < -0.39 is 6.10 Å². The minimum Gasteiger partial charge on any atom is -0.462 e. The molecule has 0 aliphatic heterocycles. The number of esters is 3. The Morgan fingerprint density at radius 2 is 0.481 bits per heavy atom. The maximum Gasteiger partial charge on any atom is 0.306 e. The van der Waals surface area contributed by atoms with Gasteiger partial charge < -0.3 is 14.2 Å². The molecule has 1 atom stereocenters. The van der Waals surface area contributed by atoms with Crippen LogP contribution in [0.15, 0.2) is 122 Å². The number of unbranched alkanes of at least 4 members (excludes halogenated alkanes) is 30. The maximum absolute atomic E-state index is 12.9. The largest absolute Gasteiger partial charge is 0.462 e. The van der Waals surface area contributed by atoms with Gasteiger partial charge in [-0.15, -0.1) is 0 Å². The summed E-state index contributed by atoms with van der Waals surface area (Å²) in [6, 6.07) is 0. The van der Waals surface area contributed by atoms with E-state index in [1.807, 2.05) is 0 Å². The van der Waals surface area contributed by atoms with Crippen molar-refractivity contribution in [1.29, 1.82) is 0 Å². The molecule has 0 amide bonds. The minimum atomic E-state index is -0.797. The van der Waals surface area contributed by atoms with Crippen LogP contribution >= 0.6 is 0 Å². The standard InChI is InChI=1S/C75H126O6/c1-4-7-10-13-16-19-22-25-28-30-31-32-33-34-35-36-37-38-39-40-41-42-43-45-47-50-53-56-59-62-65-68-74(77)80-71-72(70-79-73(76)67-64-61-58-55-52-49-46-27-24-21-18-15-12-9-6-3)81-75(78)69-66-63-60-57-54-51-48-44-29-26-23-20-17-14-11-8-5-2/h7-8,10-11,16-17,19-20,25-29,31-32,34-35,46,48,51,72H,4-6,9,12-15,18,21-24,30,33,36-45,47,49-50,52-71H2,1-3H3/b10-7-,11-8-,19-16-,20-17-,28-25-,29-26-,32-31-,35-34-,46-27-,51-48-. The van der Waals surface area contributed by atoms with Crippen molar-refractivity contribution in [3.05, 3.63) is 122 Å². The van der Waals surface area contributed by atoms with Crippen LogP contribution in [0.3, 0.4) is 0 Å². The van der Waals surface area contributed by atoms with Crippen LogP contribution in [0, 0.1) is 0 Å². The Labute approximate surface area is 501 Å². The molecule has 0 bridgehead atoms. The molecule has 0 rings (SSSR count). The maximum atomic E-state index is 12.9. The highest BCUT2D eigenvalue weighted by atomic mass is 16.6. The Balaban J connectivity index is 4.28. The smallest absolute Gasteiger partial charge is 0.306 e. The zero-order valence-corrected chi connectivity index (χ0v) is 53.0. The molecule has 0 fully saturated rings. The first-order valence-electron chi connectivity index (χ1n) is 34.0. The van der Waals surface area contributed by atoms with Gasteiger partial charge in [0.15, 0.2) is 6.10 Å². The van der Waals surface area contributed by atoms with Crippen molar-refractivity contribution in [3.8, 4) is 0 Å². The van der Waals surface area contributed by atoms with Crippen LogP contribution in [0.1, 0.15) is 316 Å². The van der Waals surface area contributed by atoms with Gasteiger partial charge in [0.25, 0.3) is 0 Å². The summed E-state index contributed by atoms with van der Waals surface area (Å²) >= 11 is 0. The third-order valence-electron chi connectivity index (χ3n) is 14.4. The lowest BCUT2D eigenvalue weighted by Gasteiger charge is -2.18. The Hall–Kier alpha value is -4.19. The van der Waals surface area contributed by atoms with Crippen LogP contribution in [0.5, 0.6) is 0 Å². The Morgan fingerprint density at radius 1 is 0.259 bits per heavy atom. The number of hydrogen-bond donors (Lipinski definition) is 0. The zero-order valence-electron chi connectivity index (χ0n) is 53.0. The van der Waals surface area contributed by atoms with Crippen molar-refractivity contribution in [2.75, 3.05) is 13.2 Å². The predicted octanol–water partition coefficient (Wildman–Crippen LogP) is 23.6. The van der Waals surface area contributed by atoms with Gasteiger partial charge in [0, 0.05) is 19.3 Å². The second kappa shape index (κ2) is 68.3. The van der Waals surface area contributed by atoms with E-state index >= 15 is 0 Å². The van der Waals surface area contributed by atoms with Crippen molar-refractivity contribution in [1.82, 2.24) is 0 Å². The Kier molecular flexibility index (Phi) is 64.8. The Bertz CT molecular complexity index is 1670. The SMILES string of the molecule is CC/C=C\C/C=C\C/C=C\C/C=C\C/C=C\CCCCCCCCCCCCCCCCCC(=O)OCC(COC(=O)CCCCCCC/C=C\CCCCCCCC)OC(=O)CCCCCC/C=C\C/C=C\C/C=C\C/C=C\CC. The van der Waals surface area contributed by atoms with Crippen molar-refractivity contribution >= 4 is 17.9 Å². The monoisotopic (exact) mass is 1120 g/mol. The van der Waals surface area contributed by atoms with Crippen molar-refractivity contribution < 1.29 is 28.6 Å². The van der Waals surface area contributed by atoms with Gasteiger partial charge in [0.05, 0.1) is 0 Å². The summed E-state index contributed by atoms with van der Waals surface area (Å²) in [5.41, 5.74) is 0. The fourth-order valence-electron chi connectivity index (χ4n) is 9.40. The molecular formula is C75H126O6. The average Bonchev–Trinajstić information content (AvgIpc) is 3.47. The van der Waals surface area contributed by atoms with Crippen LogP contribution in [0.4, 0.5) is 0 Å². The van der Waals surface area contributed by atoms with E-state index in [0.29, 0.717) is 19.3 Å². The third kappa shape index (κ3) is 66.5. The number of carbonyl (C=O) groups excluding carboxylic acids is 3. The van der Waals surface area contributed by atoms with Gasteiger partial charge in [-0.3, -0.25) is 14.4 Å². The summed E-state index contributed by atoms with van der Waals surface area (Å²) in [5, 5.41) is 0. The van der Waals surface area contributed by atoms with Gasteiger partial charge in [0.2, 0.25) is 0 Å². The summed E-state index contributed by atoms with van der Waals surface area (Å²) < 4.78 is 16.9. The van der Waals surface area contributed by atoms with E-state index in [1.165, 1.54) is 141 Å². The predicted molar refractivity (Wildman–Crippen MR) is 353 cm³/mol. The van der Waals surface area contributed by atoms with Gasteiger partial charge in [-0.2, -0.15) is 0 Å². The van der Waals surface area contributed by atoms with Gasteiger partial charge in [-0.05, 0) is 128 Å². The first kappa shape index (κ1) is 76.8. The highest BCUT2D eigenvalue weighted by Gasteiger charge is 2.19. The minimum absolute atomic E-state index is 0.0907. The summed E-state index contributed by atoms with van der Waals surface area (Å²) in [6.07, 6.45) is 95.0. The van der Waals surface area contributed by atoms with Crippen molar-refractivity contribution in [3.63, 3.8) is 0 Å². The summed E-state index contributed by atoms with van der Waals surface area (Å²) in [5.74, 6) is -0.914. The van der Waals surface area contributed by atoms with Crippen LogP contribution in [0.25, 0.3) is 0 Å². The van der Waals surface area contributed by atoms with E-state index in [-0.39, 0.29) is 31.1 Å². The molecule has 0 saturated carbocycles. The molecule has 81 heavy (non-hydrogen) atoms. The number of rotatable bonds is 61. The van der Waals surface area contributed by atoms with E-state index in [4.69, 9.17) is 14.2 Å². The number of hydrogen-bond acceptors (Lipinski definition) is 6. The van der Waals surface area contributed by atoms with E-state index in [2.05, 4.69) is 142 Å². The first-order valence-corrected chi connectivity index (χ1v) is 34.0. The number of ether oxygens (including phenoxy) is 3.